The number of hydrogen-bond acceptors (Lipinski definition) is 5. The molecule has 3 N–H and O–H groups in total. The minimum atomic E-state index is -3.15. The number of benzene rings is 1. The second-order valence-corrected chi connectivity index (χ2v) is 6.74. The molecule has 5 nitrogen and oxygen atoms in total. The van der Waals surface area contributed by atoms with Gasteiger partial charge in [0.05, 0.1) is 23.7 Å². The van der Waals surface area contributed by atoms with Crippen molar-refractivity contribution in [1.82, 2.24) is 5.32 Å². The smallest absolute Gasteiger partial charge is 0.154 e. The molecule has 2 rings (SSSR count). The lowest BCUT2D eigenvalue weighted by atomic mass is 10.1. The van der Waals surface area contributed by atoms with Crippen LogP contribution in [-0.2, 0) is 9.84 Å². The minimum Gasteiger partial charge on any atom is -0.390 e. The van der Waals surface area contributed by atoms with E-state index in [1.54, 1.807) is 12.1 Å². The van der Waals surface area contributed by atoms with Crippen molar-refractivity contribution >= 4 is 9.84 Å². The van der Waals surface area contributed by atoms with Crippen LogP contribution in [-0.4, -0.2) is 48.8 Å². The predicted molar refractivity (Wildman–Crippen MR) is 67.9 cm³/mol. The number of sulfone groups is 1. The van der Waals surface area contributed by atoms with E-state index in [0.29, 0.717) is 0 Å². The van der Waals surface area contributed by atoms with Crippen molar-refractivity contribution in [3.8, 4) is 0 Å². The maximum Gasteiger partial charge on any atom is 0.154 e. The Balaban J connectivity index is 1.89. The summed E-state index contributed by atoms with van der Waals surface area (Å²) in [5.74, 6) is -0.276. The summed E-state index contributed by atoms with van der Waals surface area (Å²) in [6, 6.07) is 8.62. The Morgan fingerprint density at radius 3 is 2.50 bits per heavy atom. The van der Waals surface area contributed by atoms with Crippen LogP contribution in [0.3, 0.4) is 0 Å². The molecule has 3 unspecified atom stereocenters. The fourth-order valence-electron chi connectivity index (χ4n) is 2.08. The van der Waals surface area contributed by atoms with E-state index < -0.39 is 28.1 Å². The van der Waals surface area contributed by atoms with Crippen molar-refractivity contribution < 1.29 is 18.6 Å². The van der Waals surface area contributed by atoms with Gasteiger partial charge in [0.2, 0.25) is 0 Å². The van der Waals surface area contributed by atoms with Gasteiger partial charge in [-0.15, -0.1) is 0 Å². The summed E-state index contributed by atoms with van der Waals surface area (Å²) in [7, 11) is -3.15. The maximum absolute atomic E-state index is 11.3. The molecule has 3 atom stereocenters. The van der Waals surface area contributed by atoms with Gasteiger partial charge < -0.3 is 15.5 Å². The van der Waals surface area contributed by atoms with E-state index in [4.69, 9.17) is 0 Å². The average molecular weight is 271 g/mol. The number of hydrogen-bond donors (Lipinski definition) is 3. The molecule has 0 aromatic heterocycles. The highest BCUT2D eigenvalue weighted by atomic mass is 32.2. The predicted octanol–water partition coefficient (Wildman–Crippen LogP) is -0.532. The zero-order chi connectivity index (χ0) is 13.2. The van der Waals surface area contributed by atoms with E-state index in [-0.39, 0.29) is 18.1 Å². The monoisotopic (exact) mass is 271 g/mol. The van der Waals surface area contributed by atoms with Gasteiger partial charge in [-0.2, -0.15) is 0 Å². The van der Waals surface area contributed by atoms with E-state index in [9.17, 15) is 18.6 Å². The van der Waals surface area contributed by atoms with Crippen molar-refractivity contribution in [3.05, 3.63) is 35.9 Å². The second-order valence-electron chi connectivity index (χ2n) is 4.59. The average Bonchev–Trinajstić information content (AvgIpc) is 2.60. The third kappa shape index (κ3) is 3.29. The normalized spacial score (nSPS) is 28.1. The lowest BCUT2D eigenvalue weighted by Gasteiger charge is -2.18. The summed E-state index contributed by atoms with van der Waals surface area (Å²) in [5.41, 5.74) is 0.764. The highest BCUT2D eigenvalue weighted by Gasteiger charge is 2.36. The third-order valence-corrected chi connectivity index (χ3v) is 4.80. The summed E-state index contributed by atoms with van der Waals surface area (Å²) in [6.07, 6.45) is -1.60. The van der Waals surface area contributed by atoms with Gasteiger partial charge in [0, 0.05) is 12.6 Å². The molecule has 18 heavy (non-hydrogen) atoms. The molecule has 1 aromatic rings. The topological polar surface area (TPSA) is 86.6 Å². The van der Waals surface area contributed by atoms with Crippen molar-refractivity contribution in [2.45, 2.75) is 18.2 Å². The van der Waals surface area contributed by atoms with Gasteiger partial charge in [-0.05, 0) is 5.56 Å². The van der Waals surface area contributed by atoms with Gasteiger partial charge in [-0.25, -0.2) is 8.42 Å². The Hall–Kier alpha value is -0.950. The molecule has 1 aromatic carbocycles. The molecular formula is C12H17NO4S. The Labute approximate surface area is 106 Å². The minimum absolute atomic E-state index is 0.0737. The van der Waals surface area contributed by atoms with Crippen molar-refractivity contribution in [2.75, 3.05) is 18.1 Å². The van der Waals surface area contributed by atoms with Crippen LogP contribution >= 0.6 is 0 Å². The Morgan fingerprint density at radius 1 is 1.28 bits per heavy atom. The van der Waals surface area contributed by atoms with E-state index in [0.717, 1.165) is 5.56 Å². The zero-order valence-corrected chi connectivity index (χ0v) is 10.7. The quantitative estimate of drug-likeness (QED) is 0.685. The summed E-state index contributed by atoms with van der Waals surface area (Å²) in [6.45, 7) is 0.223. The standard InChI is InChI=1S/C12H17NO4S/c14-11(9-4-2-1-3-5-9)6-13-10-7-18(16,17)8-12(10)15/h1-5,10-15H,6-8H2. The highest BCUT2D eigenvalue weighted by molar-refractivity contribution is 7.91. The van der Waals surface area contributed by atoms with Gasteiger partial charge in [-0.3, -0.25) is 0 Å². The first-order valence-corrected chi connectivity index (χ1v) is 7.65. The van der Waals surface area contributed by atoms with Crippen LogP contribution in [0.1, 0.15) is 11.7 Å². The van der Waals surface area contributed by atoms with Crippen LogP contribution < -0.4 is 5.32 Å². The number of nitrogens with one attached hydrogen (secondary N) is 1. The Bertz CT molecular complexity index is 488. The second kappa shape index (κ2) is 5.36. The fourth-order valence-corrected chi connectivity index (χ4v) is 3.86. The fraction of sp³-hybridized carbons (Fsp3) is 0.500. The molecule has 100 valence electrons. The summed E-state index contributed by atoms with van der Waals surface area (Å²) in [5, 5.41) is 22.4. The molecule has 0 radical (unpaired) electrons. The molecule has 1 aliphatic heterocycles. The third-order valence-electron chi connectivity index (χ3n) is 3.08. The SMILES string of the molecule is O=S1(=O)CC(O)C(NCC(O)c2ccccc2)C1. The van der Waals surface area contributed by atoms with Gasteiger partial charge >= 0.3 is 0 Å². The molecule has 0 bridgehead atoms. The van der Waals surface area contributed by atoms with Crippen LogP contribution in [0.5, 0.6) is 0 Å². The van der Waals surface area contributed by atoms with Crippen LogP contribution in [0.4, 0.5) is 0 Å². The van der Waals surface area contributed by atoms with Crippen LogP contribution in [0.2, 0.25) is 0 Å². The van der Waals surface area contributed by atoms with Gasteiger partial charge in [-0.1, -0.05) is 30.3 Å². The Morgan fingerprint density at radius 2 is 1.94 bits per heavy atom. The molecule has 1 aliphatic rings. The van der Waals surface area contributed by atoms with Gasteiger partial charge in [0.1, 0.15) is 0 Å². The molecule has 1 saturated heterocycles. The van der Waals surface area contributed by atoms with Crippen molar-refractivity contribution in [1.29, 1.82) is 0 Å². The van der Waals surface area contributed by atoms with E-state index >= 15 is 0 Å². The molecule has 0 amide bonds. The van der Waals surface area contributed by atoms with Crippen LogP contribution in [0.25, 0.3) is 0 Å². The zero-order valence-electron chi connectivity index (χ0n) is 9.86. The molecule has 1 heterocycles. The lowest BCUT2D eigenvalue weighted by molar-refractivity contribution is 0.136. The van der Waals surface area contributed by atoms with Crippen molar-refractivity contribution in [3.63, 3.8) is 0 Å². The first-order valence-electron chi connectivity index (χ1n) is 5.83. The lowest BCUT2D eigenvalue weighted by Crippen LogP contribution is -2.40. The van der Waals surface area contributed by atoms with Crippen LogP contribution in [0.15, 0.2) is 30.3 Å². The first kappa shape index (κ1) is 13.5. The molecule has 6 heteroatoms. The van der Waals surface area contributed by atoms with E-state index in [1.165, 1.54) is 0 Å². The number of aliphatic hydroxyl groups excluding tert-OH is 2. The molecule has 0 saturated carbocycles. The van der Waals surface area contributed by atoms with Gasteiger partial charge in [0.25, 0.3) is 0 Å². The molecule has 1 fully saturated rings. The summed E-state index contributed by atoms with van der Waals surface area (Å²) >= 11 is 0. The summed E-state index contributed by atoms with van der Waals surface area (Å²) in [4.78, 5) is 0. The Kier molecular flexibility index (Phi) is 4.01. The van der Waals surface area contributed by atoms with Crippen molar-refractivity contribution in [2.24, 2.45) is 0 Å². The number of aliphatic hydroxyl groups is 2. The number of rotatable bonds is 4. The summed E-state index contributed by atoms with van der Waals surface area (Å²) < 4.78 is 22.6. The molecular weight excluding hydrogens is 254 g/mol. The maximum atomic E-state index is 11.3. The molecule has 0 spiro atoms. The molecule has 0 aliphatic carbocycles. The first-order chi connectivity index (χ1) is 8.48. The van der Waals surface area contributed by atoms with E-state index in [1.807, 2.05) is 18.2 Å². The van der Waals surface area contributed by atoms with Crippen LogP contribution in [0, 0.1) is 0 Å². The van der Waals surface area contributed by atoms with Gasteiger partial charge in [0.15, 0.2) is 9.84 Å². The highest BCUT2D eigenvalue weighted by Crippen LogP contribution is 2.15. The largest absolute Gasteiger partial charge is 0.390 e. The van der Waals surface area contributed by atoms with E-state index in [2.05, 4.69) is 5.32 Å².